The van der Waals surface area contributed by atoms with Crippen molar-refractivity contribution in [2.75, 3.05) is 25.0 Å². The van der Waals surface area contributed by atoms with Crippen LogP contribution in [-0.4, -0.2) is 41.5 Å². The second-order valence-corrected chi connectivity index (χ2v) is 9.86. The van der Waals surface area contributed by atoms with Gasteiger partial charge in [0.1, 0.15) is 0 Å². The lowest BCUT2D eigenvalue weighted by Crippen LogP contribution is -2.64. The van der Waals surface area contributed by atoms with Crippen LogP contribution in [0.15, 0.2) is 53.0 Å². The van der Waals surface area contributed by atoms with Gasteiger partial charge in [-0.15, -0.1) is 0 Å². The molecule has 0 saturated carbocycles. The van der Waals surface area contributed by atoms with Crippen molar-refractivity contribution in [2.24, 2.45) is 5.41 Å². The molecule has 2 saturated heterocycles. The first-order chi connectivity index (χ1) is 13.9. The van der Waals surface area contributed by atoms with Crippen LogP contribution in [0, 0.1) is 5.41 Å². The van der Waals surface area contributed by atoms with Gasteiger partial charge in [-0.2, -0.15) is 0 Å². The SMILES string of the molecule is CC(C)N1CC2(CCN(C(=O)Nc3cccc(Br)c3)CC2)C1c1ccc(Cl)cc1. The number of likely N-dealkylation sites (tertiary alicyclic amines) is 2. The van der Waals surface area contributed by atoms with Gasteiger partial charge in [-0.25, -0.2) is 4.79 Å². The monoisotopic (exact) mass is 475 g/mol. The molecule has 0 bridgehead atoms. The van der Waals surface area contributed by atoms with Gasteiger partial charge >= 0.3 is 6.03 Å². The lowest BCUT2D eigenvalue weighted by Gasteiger charge is -2.62. The van der Waals surface area contributed by atoms with Gasteiger partial charge in [0, 0.05) is 52.3 Å². The van der Waals surface area contributed by atoms with Crippen molar-refractivity contribution in [3.63, 3.8) is 0 Å². The molecule has 1 unspecified atom stereocenters. The maximum absolute atomic E-state index is 12.7. The van der Waals surface area contributed by atoms with Gasteiger partial charge in [0.05, 0.1) is 0 Å². The second kappa shape index (κ2) is 8.29. The molecule has 1 N–H and O–H groups in total. The van der Waals surface area contributed by atoms with Crippen molar-refractivity contribution in [1.82, 2.24) is 9.80 Å². The molecular weight excluding hydrogens is 450 g/mol. The van der Waals surface area contributed by atoms with Crippen molar-refractivity contribution < 1.29 is 4.79 Å². The minimum Gasteiger partial charge on any atom is -0.324 e. The molecule has 2 fully saturated rings. The van der Waals surface area contributed by atoms with Crippen LogP contribution in [0.25, 0.3) is 0 Å². The Kier molecular flexibility index (Phi) is 5.92. The number of nitrogens with zero attached hydrogens (tertiary/aromatic N) is 2. The van der Waals surface area contributed by atoms with E-state index in [0.717, 1.165) is 47.7 Å². The highest BCUT2D eigenvalue weighted by Crippen LogP contribution is 2.55. The minimum absolute atomic E-state index is 0.0129. The average molecular weight is 477 g/mol. The van der Waals surface area contributed by atoms with E-state index < -0.39 is 0 Å². The van der Waals surface area contributed by atoms with Gasteiger partial charge in [-0.1, -0.05) is 45.7 Å². The number of hydrogen-bond acceptors (Lipinski definition) is 2. The third-order valence-electron chi connectivity index (χ3n) is 6.38. The molecule has 2 aromatic carbocycles. The van der Waals surface area contributed by atoms with E-state index in [4.69, 9.17) is 11.6 Å². The molecule has 2 aliphatic rings. The van der Waals surface area contributed by atoms with Crippen LogP contribution in [0.2, 0.25) is 5.02 Å². The van der Waals surface area contributed by atoms with Crippen LogP contribution in [0.3, 0.4) is 0 Å². The third-order valence-corrected chi connectivity index (χ3v) is 7.13. The number of piperidine rings is 1. The first-order valence-corrected chi connectivity index (χ1v) is 11.4. The molecule has 0 aromatic heterocycles. The Morgan fingerprint density at radius 1 is 1.17 bits per heavy atom. The zero-order valence-electron chi connectivity index (χ0n) is 16.9. The molecule has 2 heterocycles. The second-order valence-electron chi connectivity index (χ2n) is 8.51. The van der Waals surface area contributed by atoms with E-state index in [-0.39, 0.29) is 11.4 Å². The highest BCUT2D eigenvalue weighted by Gasteiger charge is 2.54. The van der Waals surface area contributed by atoms with Gasteiger partial charge in [-0.3, -0.25) is 4.90 Å². The van der Waals surface area contributed by atoms with Crippen LogP contribution < -0.4 is 5.32 Å². The quantitative estimate of drug-likeness (QED) is 0.574. The number of rotatable bonds is 3. The van der Waals surface area contributed by atoms with Crippen LogP contribution in [0.5, 0.6) is 0 Å². The topological polar surface area (TPSA) is 35.6 Å². The number of carbonyl (C=O) groups excluding carboxylic acids is 1. The van der Waals surface area contributed by atoms with E-state index in [2.05, 4.69) is 52.1 Å². The summed E-state index contributed by atoms with van der Waals surface area (Å²) >= 11 is 9.57. The van der Waals surface area contributed by atoms with E-state index in [1.807, 2.05) is 41.3 Å². The Morgan fingerprint density at radius 3 is 2.48 bits per heavy atom. The molecule has 2 aliphatic heterocycles. The van der Waals surface area contributed by atoms with Crippen LogP contribution >= 0.6 is 27.5 Å². The number of urea groups is 1. The summed E-state index contributed by atoms with van der Waals surface area (Å²) < 4.78 is 0.960. The normalized spacial score (nSPS) is 21.3. The van der Waals surface area contributed by atoms with Gasteiger partial charge in [0.2, 0.25) is 0 Å². The molecule has 29 heavy (non-hydrogen) atoms. The van der Waals surface area contributed by atoms with Crippen molar-refractivity contribution in [3.05, 3.63) is 63.6 Å². The summed E-state index contributed by atoms with van der Waals surface area (Å²) in [5.41, 5.74) is 2.39. The van der Waals surface area contributed by atoms with Gasteiger partial charge in [-0.05, 0) is 62.6 Å². The summed E-state index contributed by atoms with van der Waals surface area (Å²) in [4.78, 5) is 17.2. The Morgan fingerprint density at radius 2 is 1.86 bits per heavy atom. The maximum Gasteiger partial charge on any atom is 0.321 e. The zero-order chi connectivity index (χ0) is 20.6. The predicted molar refractivity (Wildman–Crippen MR) is 122 cm³/mol. The molecule has 4 rings (SSSR count). The van der Waals surface area contributed by atoms with Gasteiger partial charge < -0.3 is 10.2 Å². The smallest absolute Gasteiger partial charge is 0.321 e. The fraction of sp³-hybridized carbons (Fsp3) is 0.435. The van der Waals surface area contributed by atoms with Crippen LogP contribution in [0.4, 0.5) is 10.5 Å². The molecule has 0 radical (unpaired) electrons. The predicted octanol–water partition coefficient (Wildman–Crippen LogP) is 6.18. The Balaban J connectivity index is 1.44. The number of anilines is 1. The van der Waals surface area contributed by atoms with Gasteiger partial charge in [0.25, 0.3) is 0 Å². The molecule has 1 atom stereocenters. The molecule has 4 nitrogen and oxygen atoms in total. The standard InChI is InChI=1S/C23H27BrClN3O/c1-16(2)28-15-23(21(28)17-6-8-19(25)9-7-17)10-12-27(13-11-23)22(29)26-20-5-3-4-18(24)14-20/h3-9,14,16,21H,10-13,15H2,1-2H3,(H,26,29). The summed E-state index contributed by atoms with van der Waals surface area (Å²) in [6.07, 6.45) is 2.05. The first-order valence-electron chi connectivity index (χ1n) is 10.2. The summed E-state index contributed by atoms with van der Waals surface area (Å²) in [5, 5.41) is 3.80. The zero-order valence-corrected chi connectivity index (χ0v) is 19.2. The number of carbonyl (C=O) groups is 1. The summed E-state index contributed by atoms with van der Waals surface area (Å²) in [7, 11) is 0. The van der Waals surface area contributed by atoms with Crippen molar-refractivity contribution >= 4 is 39.2 Å². The highest BCUT2D eigenvalue weighted by molar-refractivity contribution is 9.10. The van der Waals surface area contributed by atoms with Crippen LogP contribution in [0.1, 0.15) is 38.3 Å². The van der Waals surface area contributed by atoms with E-state index in [9.17, 15) is 4.79 Å². The molecule has 0 aliphatic carbocycles. The van der Waals surface area contributed by atoms with E-state index in [1.54, 1.807) is 0 Å². The Labute approximate surface area is 186 Å². The molecule has 1 spiro atoms. The fourth-order valence-electron chi connectivity index (χ4n) is 4.81. The van der Waals surface area contributed by atoms with Gasteiger partial charge in [0.15, 0.2) is 0 Å². The number of hydrogen-bond donors (Lipinski definition) is 1. The fourth-order valence-corrected chi connectivity index (χ4v) is 5.33. The third kappa shape index (κ3) is 4.18. The van der Waals surface area contributed by atoms with Crippen molar-refractivity contribution in [2.45, 2.75) is 38.8 Å². The molecule has 6 heteroatoms. The molecular formula is C23H27BrClN3O. The lowest BCUT2D eigenvalue weighted by atomic mass is 9.62. The van der Waals surface area contributed by atoms with Crippen LogP contribution in [-0.2, 0) is 0 Å². The highest BCUT2D eigenvalue weighted by atomic mass is 79.9. The number of halogens is 2. The van der Waals surface area contributed by atoms with Crippen molar-refractivity contribution in [3.8, 4) is 0 Å². The molecule has 154 valence electrons. The molecule has 2 amide bonds. The summed E-state index contributed by atoms with van der Waals surface area (Å²) in [6.45, 7) is 7.19. The summed E-state index contributed by atoms with van der Waals surface area (Å²) in [6, 6.07) is 16.9. The average Bonchev–Trinajstić information content (AvgIpc) is 2.68. The number of nitrogens with one attached hydrogen (secondary N) is 1. The van der Waals surface area contributed by atoms with E-state index in [0.29, 0.717) is 12.1 Å². The Hall–Kier alpha value is -1.56. The van der Waals surface area contributed by atoms with E-state index in [1.165, 1.54) is 5.56 Å². The van der Waals surface area contributed by atoms with Crippen molar-refractivity contribution in [1.29, 1.82) is 0 Å². The number of amides is 2. The largest absolute Gasteiger partial charge is 0.324 e. The first kappa shape index (κ1) is 20.7. The minimum atomic E-state index is -0.0129. The molecule has 2 aromatic rings. The van der Waals surface area contributed by atoms with E-state index >= 15 is 0 Å². The lowest BCUT2D eigenvalue weighted by molar-refractivity contribution is -0.123. The maximum atomic E-state index is 12.7. The Bertz CT molecular complexity index is 878. The number of benzene rings is 2. The summed E-state index contributed by atoms with van der Waals surface area (Å²) in [5.74, 6) is 0.